The van der Waals surface area contributed by atoms with Gasteiger partial charge in [0.05, 0.1) is 18.7 Å². The highest BCUT2D eigenvalue weighted by atomic mass is 79.9. The molecule has 2 aromatic carbocycles. The first-order chi connectivity index (χ1) is 13.5. The lowest BCUT2D eigenvalue weighted by atomic mass is 10.1. The highest BCUT2D eigenvalue weighted by Gasteiger charge is 2.19. The molecule has 0 aliphatic carbocycles. The lowest BCUT2D eigenvalue weighted by Gasteiger charge is -2.21. The van der Waals surface area contributed by atoms with E-state index in [9.17, 15) is 9.59 Å². The quantitative estimate of drug-likeness (QED) is 0.661. The monoisotopic (exact) mass is 464 g/mol. The summed E-state index contributed by atoms with van der Waals surface area (Å²) in [5.41, 5.74) is 1.53. The first-order valence-electron chi connectivity index (χ1n) is 8.72. The van der Waals surface area contributed by atoms with Crippen molar-refractivity contribution >= 4 is 45.2 Å². The average molecular weight is 465 g/mol. The number of carbonyl (C=O) groups is 2. The zero-order chi connectivity index (χ0) is 20.1. The molecule has 0 aromatic heterocycles. The molecule has 0 saturated carbocycles. The zero-order valence-corrected chi connectivity index (χ0v) is 18.1. The highest BCUT2D eigenvalue weighted by Crippen LogP contribution is 2.35. The molecule has 1 aliphatic rings. The predicted molar refractivity (Wildman–Crippen MR) is 113 cm³/mol. The maximum Gasteiger partial charge on any atom is 0.244 e. The van der Waals surface area contributed by atoms with Crippen molar-refractivity contribution in [2.24, 2.45) is 0 Å². The smallest absolute Gasteiger partial charge is 0.244 e. The summed E-state index contributed by atoms with van der Waals surface area (Å²) < 4.78 is 11.9. The molecule has 0 fully saturated rings. The van der Waals surface area contributed by atoms with Gasteiger partial charge in [-0.1, -0.05) is 28.1 Å². The largest absolute Gasteiger partial charge is 0.486 e. The van der Waals surface area contributed by atoms with Crippen molar-refractivity contribution in [2.45, 2.75) is 11.3 Å². The molecule has 0 unspecified atom stereocenters. The summed E-state index contributed by atoms with van der Waals surface area (Å²) in [6.45, 7) is 0.971. The molecule has 148 valence electrons. The summed E-state index contributed by atoms with van der Waals surface area (Å²) in [6, 6.07) is 11.2. The van der Waals surface area contributed by atoms with E-state index in [1.165, 1.54) is 4.90 Å². The van der Waals surface area contributed by atoms with Crippen molar-refractivity contribution in [3.63, 3.8) is 0 Å². The van der Waals surface area contributed by atoms with Crippen LogP contribution in [0.3, 0.4) is 0 Å². The van der Waals surface area contributed by atoms with Crippen molar-refractivity contribution < 1.29 is 19.1 Å². The fraction of sp³-hybridized carbons (Fsp3) is 0.300. The van der Waals surface area contributed by atoms with Gasteiger partial charge in [0.25, 0.3) is 0 Å². The van der Waals surface area contributed by atoms with Crippen LogP contribution in [0.2, 0.25) is 0 Å². The van der Waals surface area contributed by atoms with Gasteiger partial charge in [-0.15, -0.1) is 11.8 Å². The standard InChI is InChI=1S/C20H21BrN2O4S/c1-23(12-19(24)22-15-5-3-4-6-18(15)28-2)20(25)10-13-9-16-17(11-14(13)21)27-8-7-26-16/h3-6,9,11H,7-8,10,12H2,1-2H3,(H,22,24). The Morgan fingerprint density at radius 3 is 2.57 bits per heavy atom. The Bertz CT molecular complexity index is 891. The van der Waals surface area contributed by atoms with Crippen LogP contribution in [-0.4, -0.2) is 49.8 Å². The lowest BCUT2D eigenvalue weighted by molar-refractivity contribution is -0.132. The van der Waals surface area contributed by atoms with Crippen molar-refractivity contribution in [1.29, 1.82) is 0 Å². The number of rotatable bonds is 6. The van der Waals surface area contributed by atoms with Crippen LogP contribution in [0, 0.1) is 0 Å². The molecule has 8 heteroatoms. The Kier molecular flexibility index (Phi) is 6.85. The molecular formula is C20H21BrN2O4S. The summed E-state index contributed by atoms with van der Waals surface area (Å²) in [4.78, 5) is 27.3. The van der Waals surface area contributed by atoms with Crippen LogP contribution >= 0.6 is 27.7 Å². The Morgan fingerprint density at radius 2 is 1.86 bits per heavy atom. The van der Waals surface area contributed by atoms with Gasteiger partial charge in [-0.25, -0.2) is 0 Å². The number of thioether (sulfide) groups is 1. The summed E-state index contributed by atoms with van der Waals surface area (Å²) >= 11 is 5.03. The maximum absolute atomic E-state index is 12.6. The lowest BCUT2D eigenvalue weighted by Crippen LogP contribution is -2.36. The van der Waals surface area contributed by atoms with Gasteiger partial charge >= 0.3 is 0 Å². The second kappa shape index (κ2) is 9.34. The van der Waals surface area contributed by atoms with Gasteiger partial charge in [0.1, 0.15) is 13.2 Å². The molecule has 2 aromatic rings. The van der Waals surface area contributed by atoms with Crippen LogP contribution < -0.4 is 14.8 Å². The minimum Gasteiger partial charge on any atom is -0.486 e. The third-order valence-corrected chi connectivity index (χ3v) is 5.77. The van der Waals surface area contributed by atoms with Crippen LogP contribution in [0.5, 0.6) is 11.5 Å². The number of benzene rings is 2. The number of likely N-dealkylation sites (N-methyl/N-ethyl adjacent to an activating group) is 1. The van der Waals surface area contributed by atoms with E-state index in [-0.39, 0.29) is 24.8 Å². The second-order valence-electron chi connectivity index (χ2n) is 6.26. The minimum absolute atomic E-state index is 0.0241. The number of nitrogens with zero attached hydrogens (tertiary/aromatic N) is 1. The highest BCUT2D eigenvalue weighted by molar-refractivity contribution is 9.10. The Balaban J connectivity index is 1.61. The van der Waals surface area contributed by atoms with Crippen LogP contribution in [0.4, 0.5) is 5.69 Å². The number of nitrogens with one attached hydrogen (secondary N) is 1. The van der Waals surface area contributed by atoms with Gasteiger partial charge < -0.3 is 19.7 Å². The first kappa shape index (κ1) is 20.5. The summed E-state index contributed by atoms with van der Waals surface area (Å²) in [5.74, 6) is 0.894. The van der Waals surface area contributed by atoms with E-state index in [0.717, 1.165) is 20.6 Å². The van der Waals surface area contributed by atoms with Crippen LogP contribution in [0.25, 0.3) is 0 Å². The number of halogens is 1. The second-order valence-corrected chi connectivity index (χ2v) is 7.96. The predicted octanol–water partition coefficient (Wildman–Crippen LogP) is 3.58. The maximum atomic E-state index is 12.6. The number of amides is 2. The van der Waals surface area contributed by atoms with Gasteiger partial charge in [0.15, 0.2) is 11.5 Å². The molecule has 1 aliphatic heterocycles. The van der Waals surface area contributed by atoms with E-state index in [1.54, 1.807) is 24.9 Å². The number of fused-ring (bicyclic) bond motifs is 1. The summed E-state index contributed by atoms with van der Waals surface area (Å²) in [5, 5.41) is 2.86. The molecule has 28 heavy (non-hydrogen) atoms. The third kappa shape index (κ3) is 4.99. The molecule has 0 bridgehead atoms. The van der Waals surface area contributed by atoms with Crippen LogP contribution in [0.1, 0.15) is 5.56 Å². The van der Waals surface area contributed by atoms with Gasteiger partial charge in [-0.2, -0.15) is 0 Å². The number of para-hydroxylation sites is 1. The van der Waals surface area contributed by atoms with E-state index in [1.807, 2.05) is 36.6 Å². The van der Waals surface area contributed by atoms with E-state index >= 15 is 0 Å². The fourth-order valence-corrected chi connectivity index (χ4v) is 3.80. The molecular weight excluding hydrogens is 444 g/mol. The molecule has 0 radical (unpaired) electrons. The van der Waals surface area contributed by atoms with E-state index < -0.39 is 0 Å². The topological polar surface area (TPSA) is 67.9 Å². The molecule has 6 nitrogen and oxygen atoms in total. The minimum atomic E-state index is -0.237. The van der Waals surface area contributed by atoms with Gasteiger partial charge in [0, 0.05) is 16.4 Å². The molecule has 0 spiro atoms. The summed E-state index contributed by atoms with van der Waals surface area (Å²) in [7, 11) is 1.62. The zero-order valence-electron chi connectivity index (χ0n) is 15.7. The van der Waals surface area contributed by atoms with Crippen molar-refractivity contribution in [1.82, 2.24) is 4.90 Å². The number of anilines is 1. The van der Waals surface area contributed by atoms with Crippen LogP contribution in [0.15, 0.2) is 45.8 Å². The Morgan fingerprint density at radius 1 is 1.18 bits per heavy atom. The van der Waals surface area contributed by atoms with E-state index in [4.69, 9.17) is 9.47 Å². The molecule has 1 N–H and O–H groups in total. The van der Waals surface area contributed by atoms with E-state index in [0.29, 0.717) is 24.7 Å². The van der Waals surface area contributed by atoms with Crippen LogP contribution in [-0.2, 0) is 16.0 Å². The number of ether oxygens (including phenoxy) is 2. The van der Waals surface area contributed by atoms with Crippen molar-refractivity contribution in [2.75, 3.05) is 38.4 Å². The van der Waals surface area contributed by atoms with Gasteiger partial charge in [0.2, 0.25) is 11.8 Å². The Hall–Kier alpha value is -2.19. The molecule has 0 atom stereocenters. The number of hydrogen-bond acceptors (Lipinski definition) is 5. The first-order valence-corrected chi connectivity index (χ1v) is 10.7. The fourth-order valence-electron chi connectivity index (χ4n) is 2.78. The van der Waals surface area contributed by atoms with Gasteiger partial charge in [-0.3, -0.25) is 9.59 Å². The third-order valence-electron chi connectivity index (χ3n) is 4.24. The molecule has 3 rings (SSSR count). The number of hydrogen-bond donors (Lipinski definition) is 1. The molecule has 1 heterocycles. The Labute approximate surface area is 176 Å². The van der Waals surface area contributed by atoms with Crippen molar-refractivity contribution in [3.05, 3.63) is 46.4 Å². The molecule has 2 amide bonds. The van der Waals surface area contributed by atoms with E-state index in [2.05, 4.69) is 21.2 Å². The number of carbonyl (C=O) groups excluding carboxylic acids is 2. The average Bonchev–Trinajstić information content (AvgIpc) is 2.68. The normalized spacial score (nSPS) is 12.4. The van der Waals surface area contributed by atoms with Gasteiger partial charge in [-0.05, 0) is 36.1 Å². The van der Waals surface area contributed by atoms with Crippen molar-refractivity contribution in [3.8, 4) is 11.5 Å². The summed E-state index contributed by atoms with van der Waals surface area (Å²) in [6.07, 6.45) is 2.11. The SMILES string of the molecule is CSc1ccccc1NC(=O)CN(C)C(=O)Cc1cc2c(cc1Br)OCCO2. The molecule has 0 saturated heterocycles.